The summed E-state index contributed by atoms with van der Waals surface area (Å²) in [5.74, 6) is 2.58. The highest BCUT2D eigenvalue weighted by atomic mass is 16.5. The average molecular weight is 260 g/mol. The van der Waals surface area contributed by atoms with Gasteiger partial charge in [0.15, 0.2) is 0 Å². The highest BCUT2D eigenvalue weighted by Crippen LogP contribution is 2.51. The van der Waals surface area contributed by atoms with Gasteiger partial charge >= 0.3 is 0 Å². The average Bonchev–Trinajstić information content (AvgIpc) is 2.78. The lowest BCUT2D eigenvalue weighted by Crippen LogP contribution is -2.28. The molecule has 0 spiro atoms. The maximum atomic E-state index is 6.13. The van der Waals surface area contributed by atoms with E-state index in [1.807, 2.05) is 18.2 Å². The normalized spacial score (nSPS) is 14.2. The molecule has 0 radical (unpaired) electrons. The molecule has 0 bridgehead atoms. The molecule has 1 aliphatic carbocycles. The van der Waals surface area contributed by atoms with Crippen LogP contribution in [0.15, 0.2) is 61.2 Å². The smallest absolute Gasteiger partial charge is 0.124 e. The molecule has 0 saturated heterocycles. The van der Waals surface area contributed by atoms with Crippen molar-refractivity contribution in [2.45, 2.75) is 12.0 Å². The number of hydrogen-bond acceptors (Lipinski definition) is 1. The third-order valence-electron chi connectivity index (χ3n) is 3.85. The van der Waals surface area contributed by atoms with Crippen LogP contribution in [0.1, 0.15) is 17.5 Å². The molecule has 0 heterocycles. The molecule has 2 aromatic carbocycles. The van der Waals surface area contributed by atoms with Gasteiger partial charge in [0, 0.05) is 6.42 Å². The Labute approximate surface area is 119 Å². The third kappa shape index (κ3) is 1.70. The molecule has 3 rings (SSSR count). The molecule has 1 nitrogen and oxygen atoms in total. The van der Waals surface area contributed by atoms with Crippen LogP contribution in [0.3, 0.4) is 0 Å². The van der Waals surface area contributed by atoms with Crippen LogP contribution in [-0.2, 0) is 10.3 Å². The van der Waals surface area contributed by atoms with Gasteiger partial charge in [-0.25, -0.2) is 0 Å². The van der Waals surface area contributed by atoms with Crippen molar-refractivity contribution in [2.24, 2.45) is 0 Å². The molecular formula is C19H16O. The van der Waals surface area contributed by atoms with E-state index in [0.717, 1.165) is 0 Å². The molecule has 0 aromatic heterocycles. The Hall–Kier alpha value is -2.30. The minimum atomic E-state index is -0.499. The Morgan fingerprint density at radius 3 is 2.10 bits per heavy atom. The summed E-state index contributed by atoms with van der Waals surface area (Å²) in [6.07, 6.45) is 8.01. The molecule has 0 amide bonds. The van der Waals surface area contributed by atoms with Crippen molar-refractivity contribution in [3.05, 3.63) is 72.3 Å². The van der Waals surface area contributed by atoms with Crippen molar-refractivity contribution in [3.8, 4) is 23.5 Å². The van der Waals surface area contributed by atoms with E-state index in [1.54, 1.807) is 0 Å². The lowest BCUT2D eigenvalue weighted by atomic mass is 9.88. The van der Waals surface area contributed by atoms with Crippen LogP contribution in [0.4, 0.5) is 0 Å². The lowest BCUT2D eigenvalue weighted by Gasteiger charge is -2.30. The zero-order valence-corrected chi connectivity index (χ0v) is 11.3. The second kappa shape index (κ2) is 5.00. The van der Waals surface area contributed by atoms with E-state index in [0.29, 0.717) is 6.42 Å². The first-order chi connectivity index (χ1) is 9.83. The Morgan fingerprint density at radius 1 is 1.05 bits per heavy atom. The summed E-state index contributed by atoms with van der Waals surface area (Å²) in [6, 6.07) is 16.7. The number of benzene rings is 2. The maximum absolute atomic E-state index is 6.13. The number of terminal acetylenes is 1. The fourth-order valence-corrected chi connectivity index (χ4v) is 3.09. The van der Waals surface area contributed by atoms with E-state index in [2.05, 4.69) is 48.9 Å². The van der Waals surface area contributed by atoms with E-state index in [-0.39, 0.29) is 6.61 Å². The number of hydrogen-bond donors (Lipinski definition) is 0. The van der Waals surface area contributed by atoms with Crippen molar-refractivity contribution in [2.75, 3.05) is 6.61 Å². The molecule has 0 aliphatic heterocycles. The Kier molecular flexibility index (Phi) is 3.18. The highest BCUT2D eigenvalue weighted by molar-refractivity contribution is 5.80. The first kappa shape index (κ1) is 12.7. The molecule has 0 fully saturated rings. The lowest BCUT2D eigenvalue weighted by molar-refractivity contribution is 0.00731. The fraction of sp³-hybridized carbons (Fsp3) is 0.158. The summed E-state index contributed by atoms with van der Waals surface area (Å²) in [5, 5.41) is 0. The predicted octanol–water partition coefficient (Wildman–Crippen LogP) is 4.14. The van der Waals surface area contributed by atoms with Crippen molar-refractivity contribution < 1.29 is 4.74 Å². The van der Waals surface area contributed by atoms with Crippen LogP contribution in [0.25, 0.3) is 11.1 Å². The van der Waals surface area contributed by atoms with Crippen molar-refractivity contribution in [1.82, 2.24) is 0 Å². The molecule has 0 atom stereocenters. The molecule has 0 saturated carbocycles. The molecule has 0 N–H and O–H groups in total. The van der Waals surface area contributed by atoms with Gasteiger partial charge in [0.2, 0.25) is 0 Å². The van der Waals surface area contributed by atoms with Gasteiger partial charge in [-0.05, 0) is 22.3 Å². The highest BCUT2D eigenvalue weighted by Gasteiger charge is 2.42. The van der Waals surface area contributed by atoms with Crippen LogP contribution in [0.5, 0.6) is 0 Å². The summed E-state index contributed by atoms with van der Waals surface area (Å²) >= 11 is 0. The molecule has 2 aromatic rings. The minimum Gasteiger partial charge on any atom is -0.353 e. The van der Waals surface area contributed by atoms with Gasteiger partial charge in [0.05, 0.1) is 0 Å². The monoisotopic (exact) mass is 260 g/mol. The van der Waals surface area contributed by atoms with Crippen molar-refractivity contribution in [3.63, 3.8) is 0 Å². The first-order valence-corrected chi connectivity index (χ1v) is 6.71. The zero-order chi connectivity index (χ0) is 14.0. The number of fused-ring (bicyclic) bond motifs is 3. The van der Waals surface area contributed by atoms with Crippen LogP contribution in [0, 0.1) is 12.3 Å². The van der Waals surface area contributed by atoms with Gasteiger partial charge in [-0.15, -0.1) is 13.0 Å². The van der Waals surface area contributed by atoms with Crippen molar-refractivity contribution in [1.29, 1.82) is 0 Å². The molecule has 20 heavy (non-hydrogen) atoms. The largest absolute Gasteiger partial charge is 0.353 e. The second-order valence-corrected chi connectivity index (χ2v) is 4.90. The Morgan fingerprint density at radius 2 is 1.60 bits per heavy atom. The van der Waals surface area contributed by atoms with Gasteiger partial charge in [0.1, 0.15) is 12.2 Å². The van der Waals surface area contributed by atoms with Gasteiger partial charge in [-0.3, -0.25) is 0 Å². The number of ether oxygens (including phenoxy) is 1. The molecular weight excluding hydrogens is 244 g/mol. The summed E-state index contributed by atoms with van der Waals surface area (Å²) < 4.78 is 6.13. The van der Waals surface area contributed by atoms with E-state index in [9.17, 15) is 0 Å². The Bertz CT molecular complexity index is 645. The topological polar surface area (TPSA) is 9.23 Å². The fourth-order valence-electron chi connectivity index (χ4n) is 3.09. The van der Waals surface area contributed by atoms with Gasteiger partial charge < -0.3 is 4.74 Å². The van der Waals surface area contributed by atoms with E-state index in [4.69, 9.17) is 11.2 Å². The number of rotatable bonds is 4. The minimum absolute atomic E-state index is 0.288. The molecule has 98 valence electrons. The Balaban J connectivity index is 2.27. The molecule has 0 unspecified atom stereocenters. The van der Waals surface area contributed by atoms with E-state index < -0.39 is 5.60 Å². The molecule has 1 heteroatoms. The molecule has 1 aliphatic rings. The zero-order valence-electron chi connectivity index (χ0n) is 11.3. The second-order valence-electron chi connectivity index (χ2n) is 4.90. The van der Waals surface area contributed by atoms with E-state index >= 15 is 0 Å². The maximum Gasteiger partial charge on any atom is 0.124 e. The first-order valence-electron chi connectivity index (χ1n) is 6.71. The van der Waals surface area contributed by atoms with Crippen molar-refractivity contribution >= 4 is 0 Å². The third-order valence-corrected chi connectivity index (χ3v) is 3.85. The summed E-state index contributed by atoms with van der Waals surface area (Å²) in [5.41, 5.74) is 4.30. The summed E-state index contributed by atoms with van der Waals surface area (Å²) in [6.45, 7) is 4.18. The van der Waals surface area contributed by atoms with Crippen LogP contribution in [0.2, 0.25) is 0 Å². The quantitative estimate of drug-likeness (QED) is 0.593. The van der Waals surface area contributed by atoms with Gasteiger partial charge in [-0.2, -0.15) is 0 Å². The van der Waals surface area contributed by atoms with E-state index in [1.165, 1.54) is 22.3 Å². The van der Waals surface area contributed by atoms with Gasteiger partial charge in [-0.1, -0.05) is 60.5 Å². The summed E-state index contributed by atoms with van der Waals surface area (Å²) in [7, 11) is 0. The van der Waals surface area contributed by atoms with Crippen LogP contribution < -0.4 is 0 Å². The SMILES string of the molecule is C#CCOC1(CC=C)c2ccccc2-c2ccccc21. The summed E-state index contributed by atoms with van der Waals surface area (Å²) in [4.78, 5) is 0. The van der Waals surface area contributed by atoms with Gasteiger partial charge in [0.25, 0.3) is 0 Å². The van der Waals surface area contributed by atoms with Crippen LogP contribution in [-0.4, -0.2) is 6.61 Å². The standard InChI is InChI=1S/C19H16O/c1-3-13-19(20-14-4-2)17-11-7-5-9-15(17)16-10-6-8-12-18(16)19/h2-3,5-12H,1,13-14H2. The predicted molar refractivity (Wildman–Crippen MR) is 82.3 cm³/mol. The van der Waals surface area contributed by atoms with Crippen LogP contribution >= 0.6 is 0 Å².